The molecule has 0 saturated carbocycles. The van der Waals surface area contributed by atoms with E-state index in [-0.39, 0.29) is 5.56 Å². The fourth-order valence-electron chi connectivity index (χ4n) is 2.00. The van der Waals surface area contributed by atoms with Crippen LogP contribution in [0.1, 0.15) is 26.2 Å². The summed E-state index contributed by atoms with van der Waals surface area (Å²) in [4.78, 5) is 16.0. The first-order valence-corrected chi connectivity index (χ1v) is 7.27. The third-order valence-corrected chi connectivity index (χ3v) is 4.42. The number of aryl methyl sites for hydroxylation is 1. The zero-order chi connectivity index (χ0) is 12.1. The minimum Gasteiger partial charge on any atom is -0.364 e. The second-order valence-electron chi connectivity index (χ2n) is 4.24. The number of rotatable bonds is 4. The first-order valence-electron chi connectivity index (χ1n) is 6.22. The molecule has 1 N–H and O–H groups in total. The highest BCUT2D eigenvalue weighted by Crippen LogP contribution is 2.24. The van der Waals surface area contributed by atoms with E-state index in [0.29, 0.717) is 17.6 Å². The maximum absolute atomic E-state index is 11.9. The molecule has 0 spiro atoms. The normalized spacial score (nSPS) is 20.2. The van der Waals surface area contributed by atoms with Crippen molar-refractivity contribution >= 4 is 17.6 Å². The van der Waals surface area contributed by atoms with Gasteiger partial charge in [-0.15, -0.1) is 0 Å². The van der Waals surface area contributed by atoms with Crippen LogP contribution in [0.4, 0.5) is 5.82 Å². The van der Waals surface area contributed by atoms with Crippen LogP contribution in [0.3, 0.4) is 0 Å². The minimum atomic E-state index is -0.0178. The number of thioether (sulfide) groups is 1. The van der Waals surface area contributed by atoms with E-state index in [4.69, 9.17) is 0 Å². The maximum Gasteiger partial charge on any atom is 0.293 e. The topological polar surface area (TPSA) is 46.9 Å². The highest BCUT2D eigenvalue weighted by Gasteiger charge is 2.14. The molecule has 0 bridgehead atoms. The summed E-state index contributed by atoms with van der Waals surface area (Å²) in [5.74, 6) is 1.73. The molecule has 17 heavy (non-hydrogen) atoms. The van der Waals surface area contributed by atoms with Crippen molar-refractivity contribution in [1.82, 2.24) is 9.55 Å². The Morgan fingerprint density at radius 1 is 1.59 bits per heavy atom. The van der Waals surface area contributed by atoms with Gasteiger partial charge in [0, 0.05) is 30.7 Å². The number of hydrogen-bond acceptors (Lipinski definition) is 4. The molecule has 0 amide bonds. The van der Waals surface area contributed by atoms with Gasteiger partial charge in [-0.1, -0.05) is 6.42 Å². The third kappa shape index (κ3) is 3.25. The van der Waals surface area contributed by atoms with Crippen molar-refractivity contribution in [3.8, 4) is 0 Å². The van der Waals surface area contributed by atoms with E-state index in [0.717, 1.165) is 6.54 Å². The van der Waals surface area contributed by atoms with Crippen LogP contribution < -0.4 is 10.9 Å². The van der Waals surface area contributed by atoms with Crippen LogP contribution in [0.25, 0.3) is 0 Å². The summed E-state index contributed by atoms with van der Waals surface area (Å²) in [7, 11) is 0. The Kier molecular flexibility index (Phi) is 4.48. The summed E-state index contributed by atoms with van der Waals surface area (Å²) < 4.78 is 1.67. The van der Waals surface area contributed by atoms with Crippen molar-refractivity contribution < 1.29 is 0 Å². The van der Waals surface area contributed by atoms with Gasteiger partial charge in [-0.05, 0) is 25.5 Å². The molecule has 2 heterocycles. The summed E-state index contributed by atoms with van der Waals surface area (Å²) in [6, 6.07) is 0. The Morgan fingerprint density at radius 3 is 3.18 bits per heavy atom. The van der Waals surface area contributed by atoms with Gasteiger partial charge in [0.25, 0.3) is 5.56 Å². The molecular weight excluding hydrogens is 234 g/mol. The molecule has 1 saturated heterocycles. The van der Waals surface area contributed by atoms with E-state index in [9.17, 15) is 4.79 Å². The lowest BCUT2D eigenvalue weighted by atomic mass is 10.2. The van der Waals surface area contributed by atoms with Crippen molar-refractivity contribution in [3.63, 3.8) is 0 Å². The van der Waals surface area contributed by atoms with Gasteiger partial charge in [-0.3, -0.25) is 4.79 Å². The molecule has 0 aromatic carbocycles. The molecule has 1 atom stereocenters. The van der Waals surface area contributed by atoms with E-state index in [1.165, 1.54) is 25.0 Å². The summed E-state index contributed by atoms with van der Waals surface area (Å²) >= 11 is 2.00. The highest BCUT2D eigenvalue weighted by atomic mass is 32.2. The first kappa shape index (κ1) is 12.5. The predicted octanol–water partition coefficient (Wildman–Crippen LogP) is 1.96. The summed E-state index contributed by atoms with van der Waals surface area (Å²) in [6.45, 7) is 3.50. The molecule has 94 valence electrons. The Morgan fingerprint density at radius 2 is 2.47 bits per heavy atom. The average Bonchev–Trinajstić information content (AvgIpc) is 2.39. The van der Waals surface area contributed by atoms with Gasteiger partial charge in [0.15, 0.2) is 5.82 Å². The number of nitrogens with zero attached hydrogens (tertiary/aromatic N) is 2. The van der Waals surface area contributed by atoms with Crippen LogP contribution in [-0.2, 0) is 6.54 Å². The third-order valence-electron chi connectivity index (χ3n) is 3.03. The molecule has 2 rings (SSSR count). The Labute approximate surface area is 106 Å². The van der Waals surface area contributed by atoms with Crippen molar-refractivity contribution in [2.24, 2.45) is 0 Å². The lowest BCUT2D eigenvalue weighted by molar-refractivity contribution is 0.673. The largest absolute Gasteiger partial charge is 0.364 e. The molecular formula is C12H19N3OS. The van der Waals surface area contributed by atoms with Crippen LogP contribution in [0.15, 0.2) is 17.2 Å². The zero-order valence-corrected chi connectivity index (χ0v) is 11.0. The lowest BCUT2D eigenvalue weighted by Gasteiger charge is -2.21. The van der Waals surface area contributed by atoms with Crippen LogP contribution in [0, 0.1) is 0 Å². The van der Waals surface area contributed by atoms with E-state index in [1.807, 2.05) is 18.7 Å². The molecule has 1 aliphatic rings. The smallest absolute Gasteiger partial charge is 0.293 e. The fraction of sp³-hybridized carbons (Fsp3) is 0.667. The average molecular weight is 253 g/mol. The molecule has 1 aromatic rings. The van der Waals surface area contributed by atoms with Gasteiger partial charge < -0.3 is 9.88 Å². The number of nitrogens with one attached hydrogen (secondary N) is 1. The first-order chi connectivity index (χ1) is 8.31. The molecule has 1 unspecified atom stereocenters. The van der Waals surface area contributed by atoms with Crippen molar-refractivity contribution in [1.29, 1.82) is 0 Å². The van der Waals surface area contributed by atoms with Crippen molar-refractivity contribution in [2.75, 3.05) is 17.6 Å². The SMILES string of the molecule is CCn1ccnc(NCC2CCCCS2)c1=O. The molecule has 1 fully saturated rings. The standard InChI is InChI=1S/C12H19N3OS/c1-2-15-7-6-13-11(12(15)16)14-9-10-5-3-4-8-17-10/h6-7,10H,2-5,8-9H2,1H3,(H,13,14). The van der Waals surface area contributed by atoms with Gasteiger partial charge in [0.2, 0.25) is 0 Å². The molecule has 1 aliphatic heterocycles. The molecule has 0 radical (unpaired) electrons. The molecule has 0 aliphatic carbocycles. The zero-order valence-electron chi connectivity index (χ0n) is 10.2. The van der Waals surface area contributed by atoms with Gasteiger partial charge in [0.1, 0.15) is 0 Å². The van der Waals surface area contributed by atoms with Crippen LogP contribution in [0.2, 0.25) is 0 Å². The van der Waals surface area contributed by atoms with Gasteiger partial charge in [-0.25, -0.2) is 4.98 Å². The summed E-state index contributed by atoms with van der Waals surface area (Å²) in [5.41, 5.74) is -0.0178. The second-order valence-corrected chi connectivity index (χ2v) is 5.64. The molecule has 5 heteroatoms. The monoisotopic (exact) mass is 253 g/mol. The van der Waals surface area contributed by atoms with Crippen LogP contribution >= 0.6 is 11.8 Å². The van der Waals surface area contributed by atoms with Crippen molar-refractivity contribution in [3.05, 3.63) is 22.7 Å². The summed E-state index contributed by atoms with van der Waals surface area (Å²) in [6.07, 6.45) is 7.28. The van der Waals surface area contributed by atoms with E-state index < -0.39 is 0 Å². The number of anilines is 1. The Bertz CT molecular complexity index is 412. The Hall–Kier alpha value is -0.970. The lowest BCUT2D eigenvalue weighted by Crippen LogP contribution is -2.27. The van der Waals surface area contributed by atoms with E-state index >= 15 is 0 Å². The van der Waals surface area contributed by atoms with Gasteiger partial charge in [-0.2, -0.15) is 11.8 Å². The van der Waals surface area contributed by atoms with Crippen LogP contribution in [0.5, 0.6) is 0 Å². The van der Waals surface area contributed by atoms with Gasteiger partial charge in [0.05, 0.1) is 0 Å². The quantitative estimate of drug-likeness (QED) is 0.891. The van der Waals surface area contributed by atoms with Gasteiger partial charge >= 0.3 is 0 Å². The number of aromatic nitrogens is 2. The fourth-order valence-corrected chi connectivity index (χ4v) is 3.24. The summed E-state index contributed by atoms with van der Waals surface area (Å²) in [5, 5.41) is 3.82. The predicted molar refractivity (Wildman–Crippen MR) is 72.8 cm³/mol. The second kappa shape index (κ2) is 6.10. The maximum atomic E-state index is 11.9. The Balaban J connectivity index is 1.96. The number of hydrogen-bond donors (Lipinski definition) is 1. The molecule has 1 aromatic heterocycles. The minimum absolute atomic E-state index is 0.0178. The van der Waals surface area contributed by atoms with Crippen molar-refractivity contribution in [2.45, 2.75) is 38.0 Å². The molecule has 4 nitrogen and oxygen atoms in total. The highest BCUT2D eigenvalue weighted by molar-refractivity contribution is 7.99. The van der Waals surface area contributed by atoms with E-state index in [2.05, 4.69) is 10.3 Å². The van der Waals surface area contributed by atoms with Crippen LogP contribution in [-0.4, -0.2) is 27.1 Å². The van der Waals surface area contributed by atoms with E-state index in [1.54, 1.807) is 17.0 Å².